The largest absolute Gasteiger partial charge is 0.490 e. The molecule has 3 rings (SSSR count). The molecular formula is C16H18BrNOS. The van der Waals surface area contributed by atoms with Crippen molar-refractivity contribution < 1.29 is 4.74 Å². The van der Waals surface area contributed by atoms with Crippen molar-refractivity contribution in [1.29, 1.82) is 0 Å². The normalized spacial score (nSPS) is 18.6. The van der Waals surface area contributed by atoms with Crippen LogP contribution in [0.2, 0.25) is 0 Å². The summed E-state index contributed by atoms with van der Waals surface area (Å²) in [6.45, 7) is 5.21. The van der Waals surface area contributed by atoms with Crippen molar-refractivity contribution >= 4 is 27.3 Å². The molecule has 1 N–H and O–H groups in total. The third-order valence-corrected chi connectivity index (χ3v) is 5.11. The van der Waals surface area contributed by atoms with Crippen molar-refractivity contribution in [3.63, 3.8) is 0 Å². The smallest absolute Gasteiger partial charge is 0.123 e. The zero-order valence-corrected chi connectivity index (χ0v) is 14.1. The van der Waals surface area contributed by atoms with Gasteiger partial charge in [0.15, 0.2) is 0 Å². The summed E-state index contributed by atoms with van der Waals surface area (Å²) in [5.41, 5.74) is 3.96. The van der Waals surface area contributed by atoms with Gasteiger partial charge in [-0.05, 0) is 63.6 Å². The highest BCUT2D eigenvalue weighted by Gasteiger charge is 2.22. The highest BCUT2D eigenvalue weighted by Crippen LogP contribution is 2.34. The van der Waals surface area contributed by atoms with Gasteiger partial charge in [0.05, 0.1) is 9.83 Å². The summed E-state index contributed by atoms with van der Waals surface area (Å²) in [6, 6.07) is 9.03. The van der Waals surface area contributed by atoms with Gasteiger partial charge in [0.25, 0.3) is 0 Å². The van der Waals surface area contributed by atoms with Crippen LogP contribution in [0.5, 0.6) is 5.75 Å². The maximum Gasteiger partial charge on any atom is 0.123 e. The molecule has 0 aliphatic carbocycles. The van der Waals surface area contributed by atoms with Gasteiger partial charge in [-0.1, -0.05) is 19.1 Å². The molecule has 0 fully saturated rings. The molecule has 0 spiro atoms. The van der Waals surface area contributed by atoms with Gasteiger partial charge in [-0.15, -0.1) is 11.3 Å². The van der Waals surface area contributed by atoms with Crippen molar-refractivity contribution in [2.45, 2.75) is 32.4 Å². The average molecular weight is 352 g/mol. The Morgan fingerprint density at radius 2 is 2.25 bits per heavy atom. The lowest BCUT2D eigenvalue weighted by Gasteiger charge is -2.18. The second-order valence-corrected chi connectivity index (χ2v) is 7.47. The van der Waals surface area contributed by atoms with E-state index >= 15 is 0 Å². The molecule has 106 valence electrons. The first-order valence-electron chi connectivity index (χ1n) is 6.94. The zero-order chi connectivity index (χ0) is 14.1. The predicted octanol–water partition coefficient (Wildman–Crippen LogP) is 4.53. The highest BCUT2D eigenvalue weighted by atomic mass is 79.9. The average Bonchev–Trinajstić information content (AvgIpc) is 3.00. The van der Waals surface area contributed by atoms with E-state index in [1.165, 1.54) is 20.5 Å². The molecule has 0 bridgehead atoms. The van der Waals surface area contributed by atoms with Crippen LogP contribution in [0.1, 0.15) is 36.6 Å². The maximum absolute atomic E-state index is 5.79. The van der Waals surface area contributed by atoms with Crippen LogP contribution in [0.25, 0.3) is 0 Å². The Bertz CT molecular complexity index is 610. The molecule has 1 aromatic carbocycles. The summed E-state index contributed by atoms with van der Waals surface area (Å²) >= 11 is 5.28. The molecule has 2 nitrogen and oxygen atoms in total. The van der Waals surface area contributed by atoms with Crippen LogP contribution in [0.4, 0.5) is 0 Å². The molecule has 1 aromatic heterocycles. The Morgan fingerprint density at radius 1 is 1.40 bits per heavy atom. The summed E-state index contributed by atoms with van der Waals surface area (Å²) in [5.74, 6) is 1.04. The molecule has 0 saturated heterocycles. The lowest BCUT2D eigenvalue weighted by Crippen LogP contribution is -2.21. The van der Waals surface area contributed by atoms with Gasteiger partial charge in [0.2, 0.25) is 0 Å². The van der Waals surface area contributed by atoms with E-state index in [0.717, 1.165) is 18.7 Å². The van der Waals surface area contributed by atoms with E-state index in [1.807, 2.05) is 0 Å². The number of rotatable bonds is 4. The van der Waals surface area contributed by atoms with Gasteiger partial charge >= 0.3 is 0 Å². The second-order valence-electron chi connectivity index (χ2n) is 5.17. The van der Waals surface area contributed by atoms with E-state index in [0.29, 0.717) is 6.10 Å². The van der Waals surface area contributed by atoms with E-state index < -0.39 is 0 Å². The first-order valence-corrected chi connectivity index (χ1v) is 8.61. The minimum atomic E-state index is 0.253. The quantitative estimate of drug-likeness (QED) is 0.873. The molecule has 1 aliphatic rings. The number of halogens is 1. The zero-order valence-electron chi connectivity index (χ0n) is 11.7. The summed E-state index contributed by atoms with van der Waals surface area (Å²) in [4.78, 5) is 0. The Morgan fingerprint density at radius 3 is 2.95 bits per heavy atom. The van der Waals surface area contributed by atoms with Crippen molar-refractivity contribution in [2.75, 3.05) is 6.54 Å². The summed E-state index contributed by atoms with van der Waals surface area (Å²) < 4.78 is 6.96. The first-order chi connectivity index (χ1) is 9.67. The minimum absolute atomic E-state index is 0.253. The maximum atomic E-state index is 5.79. The fourth-order valence-electron chi connectivity index (χ4n) is 2.73. The number of benzene rings is 1. The van der Waals surface area contributed by atoms with Crippen LogP contribution >= 0.6 is 27.3 Å². The second kappa shape index (κ2) is 5.88. The molecule has 20 heavy (non-hydrogen) atoms. The van der Waals surface area contributed by atoms with Gasteiger partial charge < -0.3 is 10.1 Å². The first kappa shape index (κ1) is 14.1. The summed E-state index contributed by atoms with van der Waals surface area (Å²) in [7, 11) is 0. The van der Waals surface area contributed by atoms with Gasteiger partial charge in [0.1, 0.15) is 11.9 Å². The standard InChI is InChI=1S/C16H18BrNOS/c1-3-18-16(13-8-15(17)20-9-13)11-4-5-14-12(7-11)6-10(2)19-14/h4-5,7-10,16,18H,3,6H2,1-2H3. The SMILES string of the molecule is CCNC(c1csc(Br)c1)c1ccc2c(c1)CC(C)O2. The molecule has 2 unspecified atom stereocenters. The van der Waals surface area contributed by atoms with Crippen LogP contribution in [0.15, 0.2) is 33.4 Å². The van der Waals surface area contributed by atoms with E-state index in [-0.39, 0.29) is 6.04 Å². The van der Waals surface area contributed by atoms with Gasteiger partial charge in [-0.2, -0.15) is 0 Å². The molecule has 2 aromatic rings. The van der Waals surface area contributed by atoms with Crippen molar-refractivity contribution in [1.82, 2.24) is 5.32 Å². The fraction of sp³-hybridized carbons (Fsp3) is 0.375. The van der Waals surface area contributed by atoms with Gasteiger partial charge in [-0.25, -0.2) is 0 Å². The Kier molecular flexibility index (Phi) is 4.15. The summed E-state index contributed by atoms with van der Waals surface area (Å²) in [6.07, 6.45) is 1.31. The van der Waals surface area contributed by atoms with Crippen LogP contribution < -0.4 is 10.1 Å². The molecule has 0 radical (unpaired) electrons. The van der Waals surface area contributed by atoms with Crippen LogP contribution in [0, 0.1) is 0 Å². The van der Waals surface area contributed by atoms with Crippen molar-refractivity contribution in [2.24, 2.45) is 0 Å². The third-order valence-electron chi connectivity index (χ3n) is 3.58. The lowest BCUT2D eigenvalue weighted by atomic mass is 9.98. The number of ether oxygens (including phenoxy) is 1. The summed E-state index contributed by atoms with van der Waals surface area (Å²) in [5, 5.41) is 5.79. The highest BCUT2D eigenvalue weighted by molar-refractivity contribution is 9.11. The lowest BCUT2D eigenvalue weighted by molar-refractivity contribution is 0.254. The van der Waals surface area contributed by atoms with Gasteiger partial charge in [0, 0.05) is 6.42 Å². The number of hydrogen-bond donors (Lipinski definition) is 1. The van der Waals surface area contributed by atoms with Crippen LogP contribution in [-0.2, 0) is 6.42 Å². The van der Waals surface area contributed by atoms with Gasteiger partial charge in [-0.3, -0.25) is 0 Å². The fourth-order valence-corrected chi connectivity index (χ4v) is 3.93. The molecule has 0 saturated carbocycles. The molecule has 2 atom stereocenters. The Hall–Kier alpha value is -0.840. The molecular weight excluding hydrogens is 334 g/mol. The van der Waals surface area contributed by atoms with Crippen molar-refractivity contribution in [3.8, 4) is 5.75 Å². The third kappa shape index (κ3) is 2.78. The number of fused-ring (bicyclic) bond motifs is 1. The van der Waals surface area contributed by atoms with E-state index in [9.17, 15) is 0 Å². The number of hydrogen-bond acceptors (Lipinski definition) is 3. The van der Waals surface area contributed by atoms with E-state index in [4.69, 9.17) is 4.74 Å². The number of thiophene rings is 1. The monoisotopic (exact) mass is 351 g/mol. The molecule has 0 amide bonds. The van der Waals surface area contributed by atoms with E-state index in [1.54, 1.807) is 11.3 Å². The van der Waals surface area contributed by atoms with E-state index in [2.05, 4.69) is 64.7 Å². The number of nitrogens with one attached hydrogen (secondary N) is 1. The molecule has 4 heteroatoms. The Balaban J connectivity index is 1.94. The topological polar surface area (TPSA) is 21.3 Å². The Labute approximate surface area is 132 Å². The van der Waals surface area contributed by atoms with Crippen LogP contribution in [0.3, 0.4) is 0 Å². The molecule has 1 aliphatic heterocycles. The van der Waals surface area contributed by atoms with Crippen molar-refractivity contribution in [3.05, 3.63) is 50.1 Å². The minimum Gasteiger partial charge on any atom is -0.490 e. The predicted molar refractivity (Wildman–Crippen MR) is 87.8 cm³/mol. The molecule has 2 heterocycles. The van der Waals surface area contributed by atoms with Crippen LogP contribution in [-0.4, -0.2) is 12.6 Å².